The zero-order chi connectivity index (χ0) is 16.8. The van der Waals surface area contributed by atoms with Crippen molar-refractivity contribution in [1.82, 2.24) is 9.80 Å². The highest BCUT2D eigenvalue weighted by molar-refractivity contribution is 5.94. The van der Waals surface area contributed by atoms with Gasteiger partial charge in [0.15, 0.2) is 0 Å². The standard InChI is InChI=1S/C16H22N2O5/c1-17(11-15(19)20)9-14-10-18(7-8-23-14)16(21)12-3-5-13(22-2)6-4-12/h3-6,14H,7-11H2,1-2H3,(H,19,20). The Bertz CT molecular complexity index is 546. The molecule has 0 aromatic heterocycles. The van der Waals surface area contributed by atoms with Gasteiger partial charge in [0, 0.05) is 25.2 Å². The zero-order valence-corrected chi connectivity index (χ0v) is 13.4. The maximum Gasteiger partial charge on any atom is 0.317 e. The van der Waals surface area contributed by atoms with E-state index < -0.39 is 5.97 Å². The summed E-state index contributed by atoms with van der Waals surface area (Å²) in [4.78, 5) is 26.6. The minimum atomic E-state index is -0.880. The number of ether oxygens (including phenoxy) is 2. The molecule has 1 aromatic carbocycles. The number of hydrogen-bond acceptors (Lipinski definition) is 5. The van der Waals surface area contributed by atoms with Gasteiger partial charge in [0.1, 0.15) is 5.75 Å². The maximum absolute atomic E-state index is 12.5. The summed E-state index contributed by atoms with van der Waals surface area (Å²) < 4.78 is 10.7. The molecule has 1 heterocycles. The number of rotatable bonds is 6. The first kappa shape index (κ1) is 17.2. The van der Waals surface area contributed by atoms with Crippen LogP contribution in [-0.4, -0.2) is 79.8 Å². The van der Waals surface area contributed by atoms with E-state index in [0.717, 1.165) is 0 Å². The second kappa shape index (κ2) is 7.94. The molecule has 1 unspecified atom stereocenters. The number of carbonyl (C=O) groups excluding carboxylic acids is 1. The summed E-state index contributed by atoms with van der Waals surface area (Å²) in [5.74, 6) is -0.229. The number of carboxylic acids is 1. The molecule has 1 fully saturated rings. The molecule has 1 aliphatic rings. The highest BCUT2D eigenvalue weighted by atomic mass is 16.5. The molecule has 1 saturated heterocycles. The van der Waals surface area contributed by atoms with Crippen LogP contribution >= 0.6 is 0 Å². The largest absolute Gasteiger partial charge is 0.497 e. The summed E-state index contributed by atoms with van der Waals surface area (Å²) in [6.07, 6.45) is -0.185. The predicted molar refractivity (Wildman–Crippen MR) is 83.8 cm³/mol. The Kier molecular flexibility index (Phi) is 5.95. The molecular weight excluding hydrogens is 300 g/mol. The summed E-state index contributed by atoms with van der Waals surface area (Å²) >= 11 is 0. The van der Waals surface area contributed by atoms with E-state index in [0.29, 0.717) is 37.6 Å². The van der Waals surface area contributed by atoms with Crippen molar-refractivity contribution in [1.29, 1.82) is 0 Å². The Morgan fingerprint density at radius 1 is 1.39 bits per heavy atom. The first-order valence-electron chi connectivity index (χ1n) is 7.45. The van der Waals surface area contributed by atoms with Gasteiger partial charge in [0.05, 0.1) is 26.4 Å². The molecule has 23 heavy (non-hydrogen) atoms. The molecule has 1 atom stereocenters. The number of morpholine rings is 1. The van der Waals surface area contributed by atoms with Gasteiger partial charge in [0.25, 0.3) is 5.91 Å². The lowest BCUT2D eigenvalue weighted by atomic mass is 10.1. The number of carbonyl (C=O) groups is 2. The quantitative estimate of drug-likeness (QED) is 0.824. The highest BCUT2D eigenvalue weighted by Crippen LogP contribution is 2.15. The molecule has 1 amide bonds. The lowest BCUT2D eigenvalue weighted by Gasteiger charge is -2.34. The van der Waals surface area contributed by atoms with E-state index in [2.05, 4.69) is 0 Å². The van der Waals surface area contributed by atoms with E-state index in [1.165, 1.54) is 0 Å². The lowest BCUT2D eigenvalue weighted by molar-refractivity contribution is -0.138. The fraction of sp³-hybridized carbons (Fsp3) is 0.500. The molecule has 1 aromatic rings. The van der Waals surface area contributed by atoms with Crippen LogP contribution in [0.15, 0.2) is 24.3 Å². The summed E-state index contributed by atoms with van der Waals surface area (Å²) in [5.41, 5.74) is 0.602. The van der Waals surface area contributed by atoms with Crippen LogP contribution in [-0.2, 0) is 9.53 Å². The van der Waals surface area contributed by atoms with Crippen LogP contribution in [0, 0.1) is 0 Å². The van der Waals surface area contributed by atoms with Gasteiger partial charge in [-0.25, -0.2) is 0 Å². The van der Waals surface area contributed by atoms with Gasteiger partial charge in [-0.3, -0.25) is 14.5 Å². The number of methoxy groups -OCH3 is 1. The van der Waals surface area contributed by atoms with E-state index in [-0.39, 0.29) is 18.6 Å². The van der Waals surface area contributed by atoms with Crippen molar-refractivity contribution in [2.75, 3.05) is 46.9 Å². The summed E-state index contributed by atoms with van der Waals surface area (Å²) in [6, 6.07) is 6.99. The average molecular weight is 322 g/mol. The summed E-state index contributed by atoms with van der Waals surface area (Å²) in [6.45, 7) is 1.86. The molecule has 1 N–H and O–H groups in total. The fourth-order valence-corrected chi connectivity index (χ4v) is 2.57. The van der Waals surface area contributed by atoms with E-state index >= 15 is 0 Å². The topological polar surface area (TPSA) is 79.3 Å². The molecule has 0 aliphatic carbocycles. The van der Waals surface area contributed by atoms with E-state index in [4.69, 9.17) is 14.6 Å². The number of likely N-dealkylation sites (N-methyl/N-ethyl adjacent to an activating group) is 1. The van der Waals surface area contributed by atoms with Crippen molar-refractivity contribution in [3.8, 4) is 5.75 Å². The summed E-state index contributed by atoms with van der Waals surface area (Å²) in [5, 5.41) is 8.79. The minimum absolute atomic E-state index is 0.0493. The lowest BCUT2D eigenvalue weighted by Crippen LogP contribution is -2.49. The molecule has 0 bridgehead atoms. The maximum atomic E-state index is 12.5. The number of hydrogen-bond donors (Lipinski definition) is 1. The molecule has 0 spiro atoms. The molecule has 126 valence electrons. The van der Waals surface area contributed by atoms with Crippen molar-refractivity contribution < 1.29 is 24.2 Å². The number of nitrogens with zero attached hydrogens (tertiary/aromatic N) is 2. The summed E-state index contributed by atoms with van der Waals surface area (Å²) in [7, 11) is 3.30. The minimum Gasteiger partial charge on any atom is -0.497 e. The van der Waals surface area contributed by atoms with Crippen LogP contribution in [0.2, 0.25) is 0 Å². The van der Waals surface area contributed by atoms with Gasteiger partial charge in [0.2, 0.25) is 0 Å². The Labute approximate surface area is 135 Å². The second-order valence-corrected chi connectivity index (χ2v) is 5.56. The SMILES string of the molecule is COc1ccc(C(=O)N2CCOC(CN(C)CC(=O)O)C2)cc1. The van der Waals surface area contributed by atoms with Crippen molar-refractivity contribution in [3.05, 3.63) is 29.8 Å². The normalized spacial score (nSPS) is 18.0. The van der Waals surface area contributed by atoms with Crippen LogP contribution in [0.25, 0.3) is 0 Å². The van der Waals surface area contributed by atoms with Crippen LogP contribution in [0.5, 0.6) is 5.75 Å². The van der Waals surface area contributed by atoms with Crippen molar-refractivity contribution >= 4 is 11.9 Å². The van der Waals surface area contributed by atoms with Gasteiger partial charge in [-0.15, -0.1) is 0 Å². The third kappa shape index (κ3) is 4.94. The monoisotopic (exact) mass is 322 g/mol. The van der Waals surface area contributed by atoms with E-state index in [9.17, 15) is 9.59 Å². The zero-order valence-electron chi connectivity index (χ0n) is 13.4. The molecular formula is C16H22N2O5. The second-order valence-electron chi connectivity index (χ2n) is 5.56. The van der Waals surface area contributed by atoms with Crippen LogP contribution < -0.4 is 4.74 Å². The molecule has 7 nitrogen and oxygen atoms in total. The predicted octanol–water partition coefficient (Wildman–Crippen LogP) is 0.553. The van der Waals surface area contributed by atoms with Gasteiger partial charge < -0.3 is 19.5 Å². The van der Waals surface area contributed by atoms with Gasteiger partial charge >= 0.3 is 5.97 Å². The Morgan fingerprint density at radius 3 is 2.70 bits per heavy atom. The number of carboxylic acid groups (broad SMARTS) is 1. The number of benzene rings is 1. The Balaban J connectivity index is 1.94. The Hall–Kier alpha value is -2.12. The van der Waals surface area contributed by atoms with Crippen molar-refractivity contribution in [3.63, 3.8) is 0 Å². The average Bonchev–Trinajstić information content (AvgIpc) is 2.53. The van der Waals surface area contributed by atoms with Gasteiger partial charge in [-0.1, -0.05) is 0 Å². The van der Waals surface area contributed by atoms with Crippen LogP contribution in [0.1, 0.15) is 10.4 Å². The molecule has 7 heteroatoms. The first-order chi connectivity index (χ1) is 11.0. The highest BCUT2D eigenvalue weighted by Gasteiger charge is 2.26. The van der Waals surface area contributed by atoms with E-state index in [1.807, 2.05) is 0 Å². The Morgan fingerprint density at radius 2 is 2.09 bits per heavy atom. The molecule has 1 aliphatic heterocycles. The number of amides is 1. The number of aliphatic carboxylic acids is 1. The smallest absolute Gasteiger partial charge is 0.317 e. The first-order valence-corrected chi connectivity index (χ1v) is 7.45. The third-order valence-corrected chi connectivity index (χ3v) is 3.68. The van der Waals surface area contributed by atoms with Gasteiger partial charge in [-0.05, 0) is 31.3 Å². The third-order valence-electron chi connectivity index (χ3n) is 3.68. The van der Waals surface area contributed by atoms with Gasteiger partial charge in [-0.2, -0.15) is 0 Å². The molecule has 0 saturated carbocycles. The van der Waals surface area contributed by atoms with Crippen molar-refractivity contribution in [2.45, 2.75) is 6.10 Å². The fourth-order valence-electron chi connectivity index (χ4n) is 2.57. The van der Waals surface area contributed by atoms with Crippen LogP contribution in [0.3, 0.4) is 0 Å². The van der Waals surface area contributed by atoms with E-state index in [1.54, 1.807) is 48.2 Å². The molecule has 2 rings (SSSR count). The molecule has 0 radical (unpaired) electrons. The van der Waals surface area contributed by atoms with Crippen molar-refractivity contribution in [2.24, 2.45) is 0 Å². The van der Waals surface area contributed by atoms with Crippen LogP contribution in [0.4, 0.5) is 0 Å².